The molecule has 11 rings (SSSR count). The van der Waals surface area contributed by atoms with E-state index in [1.807, 2.05) is 24.3 Å². The van der Waals surface area contributed by atoms with Crippen LogP contribution in [0.5, 0.6) is 0 Å². The van der Waals surface area contributed by atoms with E-state index in [1.54, 1.807) is 11.3 Å². The monoisotopic (exact) mass is 621 g/mol. The molecule has 47 heavy (non-hydrogen) atoms. The molecule has 0 bridgehead atoms. The number of benzene rings is 6. The molecule has 5 aromatic heterocycles. The van der Waals surface area contributed by atoms with Gasteiger partial charge < -0.3 is 0 Å². The van der Waals surface area contributed by atoms with Gasteiger partial charge in [-0.25, -0.2) is 15.0 Å². The average Bonchev–Trinajstić information content (AvgIpc) is 3.84. The molecule has 8 heteroatoms. The zero-order valence-corrected chi connectivity index (χ0v) is 25.6. The number of fused-ring (bicyclic) bond motifs is 14. The first-order valence-electron chi connectivity index (χ1n) is 15.6. The van der Waals surface area contributed by atoms with E-state index < -0.39 is 0 Å². The van der Waals surface area contributed by atoms with Crippen LogP contribution in [-0.4, -0.2) is 32.7 Å². The lowest BCUT2D eigenvalue weighted by Gasteiger charge is -2.08. The molecule has 0 amide bonds. The lowest BCUT2D eigenvalue weighted by Crippen LogP contribution is -1.94. The second-order valence-electron chi connectivity index (χ2n) is 11.9. The van der Waals surface area contributed by atoms with Crippen LogP contribution in [0.1, 0.15) is 0 Å². The molecular weight excluding hydrogens is 599 g/mol. The van der Waals surface area contributed by atoms with Crippen molar-refractivity contribution in [1.82, 2.24) is 32.7 Å². The molecule has 0 N–H and O–H groups in total. The van der Waals surface area contributed by atoms with E-state index in [4.69, 9.17) is 15.0 Å². The minimum Gasteiger partial charge on any atom is -0.282 e. The molecular formula is C39H23N7S. The van der Waals surface area contributed by atoms with Gasteiger partial charge in [0.25, 0.3) is 0 Å². The molecule has 0 fully saturated rings. The molecule has 0 spiro atoms. The van der Waals surface area contributed by atoms with E-state index in [0.717, 1.165) is 87.7 Å². The van der Waals surface area contributed by atoms with Gasteiger partial charge in [-0.3, -0.25) is 17.8 Å². The Morgan fingerprint density at radius 3 is 1.51 bits per heavy atom. The van der Waals surface area contributed by atoms with Crippen molar-refractivity contribution in [2.24, 2.45) is 0 Å². The van der Waals surface area contributed by atoms with Crippen molar-refractivity contribution in [2.45, 2.75) is 0 Å². The predicted octanol–water partition coefficient (Wildman–Crippen LogP) is 9.48. The quantitative estimate of drug-likeness (QED) is 0.193. The van der Waals surface area contributed by atoms with Crippen molar-refractivity contribution < 1.29 is 0 Å². The maximum atomic E-state index is 5.09. The average molecular weight is 622 g/mol. The van der Waals surface area contributed by atoms with Crippen molar-refractivity contribution in [3.63, 3.8) is 0 Å². The first kappa shape index (κ1) is 25.0. The molecule has 220 valence electrons. The first-order chi connectivity index (χ1) is 23.3. The third kappa shape index (κ3) is 3.42. The molecule has 6 aromatic carbocycles. The number of para-hydroxylation sites is 7. The van der Waals surface area contributed by atoms with Crippen molar-refractivity contribution in [3.05, 3.63) is 140 Å². The second-order valence-corrected chi connectivity index (χ2v) is 12.8. The Balaban J connectivity index is 1.25. The number of aromatic nitrogens is 7. The van der Waals surface area contributed by atoms with Crippen molar-refractivity contribution >= 4 is 82.2 Å². The predicted molar refractivity (Wildman–Crippen MR) is 192 cm³/mol. The highest BCUT2D eigenvalue weighted by atomic mass is 32.1. The van der Waals surface area contributed by atoms with E-state index in [0.29, 0.717) is 0 Å². The van der Waals surface area contributed by atoms with Gasteiger partial charge >= 0.3 is 0 Å². The number of hydrogen-bond acceptors (Lipinski definition) is 4. The summed E-state index contributed by atoms with van der Waals surface area (Å²) < 4.78 is 9.09. The van der Waals surface area contributed by atoms with Crippen LogP contribution < -0.4 is 0 Å². The van der Waals surface area contributed by atoms with Gasteiger partial charge in [-0.15, -0.1) is 0 Å². The van der Waals surface area contributed by atoms with Gasteiger partial charge in [-0.2, -0.15) is 0 Å². The molecule has 5 heterocycles. The van der Waals surface area contributed by atoms with E-state index >= 15 is 0 Å². The van der Waals surface area contributed by atoms with Gasteiger partial charge in [0.2, 0.25) is 5.78 Å². The molecule has 0 saturated heterocycles. The van der Waals surface area contributed by atoms with Crippen LogP contribution in [0.25, 0.3) is 87.7 Å². The smallest absolute Gasteiger partial charge is 0.220 e. The zero-order chi connectivity index (χ0) is 30.6. The Labute approximate surface area is 270 Å². The van der Waals surface area contributed by atoms with Crippen molar-refractivity contribution in [1.29, 1.82) is 0 Å². The van der Waals surface area contributed by atoms with Gasteiger partial charge in [0.1, 0.15) is 0 Å². The summed E-state index contributed by atoms with van der Waals surface area (Å²) >= 11 is 1.61. The molecule has 0 atom stereocenters. The minimum absolute atomic E-state index is 0.901. The summed E-state index contributed by atoms with van der Waals surface area (Å²) in [6.45, 7) is 0. The largest absolute Gasteiger partial charge is 0.282 e. The molecule has 0 aliphatic heterocycles. The maximum Gasteiger partial charge on any atom is 0.220 e. The Kier molecular flexibility index (Phi) is 4.87. The minimum atomic E-state index is 0.901. The van der Waals surface area contributed by atoms with Crippen molar-refractivity contribution in [2.75, 3.05) is 0 Å². The van der Waals surface area contributed by atoms with Gasteiger partial charge in [0.15, 0.2) is 9.92 Å². The lowest BCUT2D eigenvalue weighted by atomic mass is 10.0. The fraction of sp³-hybridized carbons (Fsp3) is 0. The summed E-state index contributed by atoms with van der Waals surface area (Å²) in [6, 6.07) is 49.0. The van der Waals surface area contributed by atoms with Gasteiger partial charge in [-0.1, -0.05) is 78.1 Å². The summed E-state index contributed by atoms with van der Waals surface area (Å²) in [5.74, 6) is 0.901. The van der Waals surface area contributed by atoms with E-state index in [1.165, 1.54) is 0 Å². The molecule has 0 aliphatic rings. The Morgan fingerprint density at radius 2 is 0.872 bits per heavy atom. The summed E-state index contributed by atoms with van der Waals surface area (Å²) in [7, 11) is 0. The lowest BCUT2D eigenvalue weighted by molar-refractivity contribution is 1.11. The SMILES string of the molecule is c1ccc(-n2c3ccc(-c4ccc5c(c4)n4c(nc6ccccc64)sc4nc6ccccc6n45)cc3n3c4ccccc4nc23)cc1. The Bertz CT molecular complexity index is 3080. The summed E-state index contributed by atoms with van der Waals surface area (Å²) in [5.41, 5.74) is 13.9. The van der Waals surface area contributed by atoms with E-state index in [2.05, 4.69) is 133 Å². The molecule has 11 aromatic rings. The van der Waals surface area contributed by atoms with Crippen LogP contribution in [0.2, 0.25) is 0 Å². The fourth-order valence-electron chi connectivity index (χ4n) is 7.17. The van der Waals surface area contributed by atoms with Gasteiger partial charge in [0.05, 0.1) is 55.2 Å². The third-order valence-corrected chi connectivity index (χ3v) is 10.2. The molecule has 0 radical (unpaired) electrons. The Morgan fingerprint density at radius 1 is 0.383 bits per heavy atom. The van der Waals surface area contributed by atoms with E-state index in [9.17, 15) is 0 Å². The third-order valence-electron chi connectivity index (χ3n) is 9.25. The second kappa shape index (κ2) is 9.15. The first-order valence-corrected chi connectivity index (χ1v) is 16.4. The summed E-state index contributed by atoms with van der Waals surface area (Å²) in [4.78, 5) is 17.0. The summed E-state index contributed by atoms with van der Waals surface area (Å²) in [6.07, 6.45) is 0. The Hall–Kier alpha value is -6.25. The highest BCUT2D eigenvalue weighted by Crippen LogP contribution is 2.35. The van der Waals surface area contributed by atoms with Crippen LogP contribution in [0, 0.1) is 0 Å². The standard InChI is InChI=1S/C39H23N7S/c1-2-10-26(11-3-1)43-33-20-18-24(22-35(33)44-30-15-7-4-12-27(30)40-37(43)44)25-19-21-34-36(23-25)46-32-17-9-6-14-29(32)42-39(46)47-38-41-28-13-5-8-16-31(28)45(34)38/h1-23H. The number of rotatable bonds is 2. The van der Waals surface area contributed by atoms with Crippen LogP contribution in [-0.2, 0) is 0 Å². The van der Waals surface area contributed by atoms with Crippen LogP contribution in [0.4, 0.5) is 0 Å². The molecule has 7 nitrogen and oxygen atoms in total. The number of imidazole rings is 4. The molecule has 0 aliphatic carbocycles. The molecule has 0 unspecified atom stereocenters. The molecule has 0 saturated carbocycles. The number of hydrogen-bond donors (Lipinski definition) is 0. The zero-order valence-electron chi connectivity index (χ0n) is 24.8. The van der Waals surface area contributed by atoms with Gasteiger partial charge in [0, 0.05) is 5.69 Å². The normalized spacial score (nSPS) is 12.3. The van der Waals surface area contributed by atoms with Crippen LogP contribution in [0.3, 0.4) is 0 Å². The van der Waals surface area contributed by atoms with Crippen LogP contribution in [0.15, 0.2) is 140 Å². The highest BCUT2D eigenvalue weighted by Gasteiger charge is 2.19. The number of nitrogens with zero attached hydrogens (tertiary/aromatic N) is 7. The van der Waals surface area contributed by atoms with Gasteiger partial charge in [-0.05, 0) is 83.9 Å². The maximum absolute atomic E-state index is 5.09. The van der Waals surface area contributed by atoms with E-state index in [-0.39, 0.29) is 0 Å². The summed E-state index contributed by atoms with van der Waals surface area (Å²) in [5, 5.41) is 0. The fourth-order valence-corrected chi connectivity index (χ4v) is 8.20. The van der Waals surface area contributed by atoms with Crippen molar-refractivity contribution in [3.8, 4) is 16.8 Å². The highest BCUT2D eigenvalue weighted by molar-refractivity contribution is 7.21. The topological polar surface area (TPSA) is 56.8 Å². The van der Waals surface area contributed by atoms with Crippen LogP contribution >= 0.6 is 11.3 Å².